The van der Waals surface area contributed by atoms with E-state index in [2.05, 4.69) is 137 Å². The second kappa shape index (κ2) is 43.4. The molecule has 0 heterocycles. The number of carboxylic acid groups (broad SMARTS) is 1. The van der Waals surface area contributed by atoms with Crippen LogP contribution in [0.15, 0.2) is 0 Å². The molecule has 0 fully saturated rings. The van der Waals surface area contributed by atoms with Gasteiger partial charge in [-0.15, -0.1) is 0 Å². The van der Waals surface area contributed by atoms with Crippen molar-refractivity contribution in [2.45, 2.75) is 250 Å². The fourth-order valence-corrected chi connectivity index (χ4v) is 26.1. The molecule has 0 aromatic carbocycles. The van der Waals surface area contributed by atoms with Gasteiger partial charge in [0.2, 0.25) is 8.32 Å². The molecule has 0 unspecified atom stereocenters. The first-order chi connectivity index (χ1) is 27.8. The van der Waals surface area contributed by atoms with Crippen LogP contribution in [0.5, 0.6) is 0 Å². The van der Waals surface area contributed by atoms with Crippen molar-refractivity contribution in [3.63, 3.8) is 0 Å². The van der Waals surface area contributed by atoms with E-state index in [1.165, 1.54) is 6.92 Å². The van der Waals surface area contributed by atoms with E-state index < -0.39 is 106 Å². The topological polar surface area (TPSA) is 233 Å². The van der Waals surface area contributed by atoms with Crippen molar-refractivity contribution in [1.29, 1.82) is 0 Å². The molecule has 0 aliphatic heterocycles. The molecular formula is C42H128O14Si12. The summed E-state index contributed by atoms with van der Waals surface area (Å²) < 4.78 is 27.7. The zero-order valence-corrected chi connectivity index (χ0v) is 65.0. The average Bonchev–Trinajstić information content (AvgIpc) is 2.78. The lowest BCUT2D eigenvalue weighted by Gasteiger charge is -2.27. The van der Waals surface area contributed by atoms with Crippen molar-refractivity contribution in [2.75, 3.05) is 14.2 Å². The molecule has 428 valence electrons. The van der Waals surface area contributed by atoms with Crippen LogP contribution in [0.2, 0.25) is 236 Å². The van der Waals surface area contributed by atoms with E-state index in [4.69, 9.17) is 55.4 Å². The Bertz CT molecular complexity index is 948. The quantitative estimate of drug-likeness (QED) is 0.124. The number of hydrogen-bond acceptors (Lipinski definition) is 12. The lowest BCUT2D eigenvalue weighted by atomic mass is 10.9. The number of aliphatic hydroxyl groups is 1. The summed E-state index contributed by atoms with van der Waals surface area (Å²) >= 11 is 0. The molecular weight excluding hydrogens is 1070 g/mol. The summed E-state index contributed by atoms with van der Waals surface area (Å²) in [5, 5.41) is 14.4. The number of hydrogen-bond donors (Lipinski definition) is 6. The van der Waals surface area contributed by atoms with Crippen molar-refractivity contribution in [2.24, 2.45) is 0 Å². The average molecular weight is 1190 g/mol. The molecule has 0 aromatic rings. The minimum atomic E-state index is -1.61. The first-order valence-corrected chi connectivity index (χ1v) is 64.3. The fraction of sp³-hybridized carbons (Fsp3) is 0.952. The van der Waals surface area contributed by atoms with Gasteiger partial charge in [0.15, 0.2) is 91.5 Å². The van der Waals surface area contributed by atoms with Gasteiger partial charge in [-0.3, -0.25) is 9.59 Å². The fourth-order valence-electron chi connectivity index (χ4n) is 3.19. The second-order valence-electron chi connectivity index (χ2n) is 27.2. The second-order valence-corrected chi connectivity index (χ2v) is 81.4. The minimum absolute atomic E-state index is 0. The van der Waals surface area contributed by atoms with Crippen LogP contribution in [0, 0.1) is 0 Å². The Morgan fingerprint density at radius 3 is 0.397 bits per heavy atom. The van der Waals surface area contributed by atoms with Crippen LogP contribution < -0.4 is 0 Å². The van der Waals surface area contributed by atoms with Crippen LogP contribution in [0.1, 0.15) is 13.8 Å². The van der Waals surface area contributed by atoms with E-state index in [0.717, 1.165) is 14.0 Å². The summed E-state index contributed by atoms with van der Waals surface area (Å²) in [5.74, 6) is -0.996. The van der Waals surface area contributed by atoms with Gasteiger partial charge < -0.3 is 56.1 Å². The van der Waals surface area contributed by atoms with Gasteiger partial charge in [-0.25, -0.2) is 0 Å². The maximum Gasteiger partial charge on any atom is 0.300 e. The van der Waals surface area contributed by atoms with Gasteiger partial charge >= 0.3 is 0 Å². The van der Waals surface area contributed by atoms with Gasteiger partial charge in [-0.05, 0) is 236 Å². The predicted octanol–water partition coefficient (Wildman–Crippen LogP) is 13.0. The van der Waals surface area contributed by atoms with Gasteiger partial charge in [-0.2, -0.15) is 0 Å². The summed E-state index contributed by atoms with van der Waals surface area (Å²) in [6.07, 6.45) is 0. The first-order valence-electron chi connectivity index (χ1n) is 23.2. The molecule has 26 heteroatoms. The molecule has 0 aliphatic rings. The summed E-state index contributed by atoms with van der Waals surface area (Å²) in [7, 11) is -13.8. The van der Waals surface area contributed by atoms with Crippen LogP contribution in [0.25, 0.3) is 0 Å². The molecule has 0 bridgehead atoms. The largest absolute Gasteiger partial charge is 0.520 e. The van der Waals surface area contributed by atoms with Gasteiger partial charge in [0.05, 0.1) is 0 Å². The first kappa shape index (κ1) is 98.3. The summed E-state index contributed by atoms with van der Waals surface area (Å²) in [5.41, 5.74) is 0. The molecule has 14 nitrogen and oxygen atoms in total. The third-order valence-corrected chi connectivity index (χ3v) is 19.7. The molecule has 0 saturated heterocycles. The van der Waals surface area contributed by atoms with Crippen LogP contribution in [0.4, 0.5) is 0 Å². The molecule has 0 radical (unpaired) electrons. The van der Waals surface area contributed by atoms with E-state index in [9.17, 15) is 4.79 Å². The van der Waals surface area contributed by atoms with Gasteiger partial charge in [-0.1, -0.05) is 0 Å². The Morgan fingerprint density at radius 1 is 0.309 bits per heavy atom. The number of rotatable bonds is 8. The van der Waals surface area contributed by atoms with Gasteiger partial charge in [0.25, 0.3) is 11.9 Å². The highest BCUT2D eigenvalue weighted by atomic mass is 28.4. The predicted molar refractivity (Wildman–Crippen MR) is 336 cm³/mol. The molecule has 0 rings (SSSR count). The SMILES string of the molecule is CC(=O)O.CC(=O)O[Si](C)(C)C.CO.CO[Si](C)(C)C.C[Si](C)(C)O.C[Si](C)(C)O.C[Si](C)(C)O.C[Si](C)(C)O.C[Si](C)(C)O[Si](C)(C)C.C[Si](C)(C)O[Si](C)(C)C.C[Si](C)(C)O[Si](C)(C)C.O. The normalized spacial score (nSPS) is 11.9. The van der Waals surface area contributed by atoms with E-state index >= 15 is 0 Å². The summed E-state index contributed by atoms with van der Waals surface area (Å²) in [6.45, 7) is 77.9. The number of carbonyl (C=O) groups excluding carboxylic acids is 1. The molecule has 0 aliphatic carbocycles. The van der Waals surface area contributed by atoms with E-state index in [1.54, 1.807) is 7.11 Å². The van der Waals surface area contributed by atoms with Crippen molar-refractivity contribution < 1.29 is 65.7 Å². The zero-order chi connectivity index (χ0) is 58.7. The van der Waals surface area contributed by atoms with Gasteiger partial charge in [0, 0.05) is 28.1 Å². The standard InChI is InChI=1S/3C6H18OSi2.C5H12O2Si.C4H12OSi.4C3H10OSi.C2H4O2.CH4O.H2O/c3*1-8(2,3)7-9(4,5)6;1-5(6)7-8(2,3)4;1-5-6(2,3)4;4*1-5(2,3)4;1-2(3)4;1-2;/h3*1-6H3;1-4H3;1-4H3;4*4H,1-3H3;1H3,(H,3,4);2H,1H3;1H2. The third kappa shape index (κ3) is 399. The van der Waals surface area contributed by atoms with E-state index in [-0.39, 0.29) is 11.4 Å². The highest BCUT2D eigenvalue weighted by molar-refractivity contribution is 6.85. The lowest BCUT2D eigenvalue weighted by Crippen LogP contribution is -2.39. The van der Waals surface area contributed by atoms with Crippen LogP contribution in [-0.2, 0) is 30.8 Å². The summed E-state index contributed by atoms with van der Waals surface area (Å²) in [4.78, 5) is 53.9. The van der Waals surface area contributed by atoms with Crippen LogP contribution >= 0.6 is 0 Å². The zero-order valence-electron chi connectivity index (χ0n) is 53.0. The molecule has 0 atom stereocenters. The van der Waals surface area contributed by atoms with Crippen LogP contribution in [-0.4, -0.2) is 161 Å². The number of carbonyl (C=O) groups is 2. The number of aliphatic hydroxyl groups excluding tert-OH is 1. The Balaban J connectivity index is -0.0000000515. The minimum Gasteiger partial charge on any atom is -0.520 e. The van der Waals surface area contributed by atoms with E-state index in [0.29, 0.717) is 0 Å². The Hall–Kier alpha value is 1.14. The number of aliphatic carboxylic acids is 1. The van der Waals surface area contributed by atoms with Crippen LogP contribution in [0.3, 0.4) is 0 Å². The Morgan fingerprint density at radius 2 is 0.397 bits per heavy atom. The Kier molecular flexibility index (Phi) is 62.7. The molecule has 0 saturated carbocycles. The maximum absolute atomic E-state index is 10.3. The van der Waals surface area contributed by atoms with Crippen molar-refractivity contribution in [3.05, 3.63) is 0 Å². The summed E-state index contributed by atoms with van der Waals surface area (Å²) in [6, 6.07) is 0. The molecule has 0 spiro atoms. The van der Waals surface area contributed by atoms with E-state index in [1.807, 2.05) is 98.2 Å². The maximum atomic E-state index is 10.3. The third-order valence-electron chi connectivity index (χ3n) is 2.90. The Labute approximate surface area is 438 Å². The molecule has 8 N–H and O–H groups in total. The van der Waals surface area contributed by atoms with Crippen molar-refractivity contribution in [1.82, 2.24) is 0 Å². The van der Waals surface area contributed by atoms with Crippen molar-refractivity contribution >= 4 is 112 Å². The highest BCUT2D eigenvalue weighted by Crippen LogP contribution is 2.14. The number of carboxylic acids is 1. The highest BCUT2D eigenvalue weighted by Gasteiger charge is 2.26. The van der Waals surface area contributed by atoms with Gasteiger partial charge in [0.1, 0.15) is 0 Å². The monoisotopic (exact) mass is 1190 g/mol. The molecule has 0 aromatic heterocycles. The van der Waals surface area contributed by atoms with Crippen molar-refractivity contribution in [3.8, 4) is 0 Å². The molecule has 68 heavy (non-hydrogen) atoms. The lowest BCUT2D eigenvalue weighted by molar-refractivity contribution is -0.134. The smallest absolute Gasteiger partial charge is 0.300 e. The molecule has 0 amide bonds.